The lowest BCUT2D eigenvalue weighted by Crippen LogP contribution is -2.43. The third-order valence-corrected chi connectivity index (χ3v) is 7.30. The Kier molecular flexibility index (Phi) is 5.31. The molecule has 1 unspecified atom stereocenters. The average molecular weight is 509 g/mol. The maximum absolute atomic E-state index is 14.8. The zero-order valence-electron chi connectivity index (χ0n) is 20.0. The molecule has 3 heterocycles. The minimum absolute atomic E-state index is 0.219. The fourth-order valence-electron chi connectivity index (χ4n) is 5.36. The molecule has 1 aliphatic heterocycles. The highest BCUT2D eigenvalue weighted by atomic mass is 19.4. The Hall–Kier alpha value is -3.85. The van der Waals surface area contributed by atoms with Crippen molar-refractivity contribution in [3.05, 3.63) is 90.0 Å². The van der Waals surface area contributed by atoms with Gasteiger partial charge in [-0.1, -0.05) is 6.07 Å². The molecule has 6 rings (SSSR count). The largest absolute Gasteiger partial charge is 0.425 e. The summed E-state index contributed by atoms with van der Waals surface area (Å²) in [5.74, 6) is -0.402. The zero-order chi connectivity index (χ0) is 25.9. The molecule has 0 amide bonds. The molecular formula is C28H24F4N4O. The van der Waals surface area contributed by atoms with E-state index < -0.39 is 17.6 Å². The van der Waals surface area contributed by atoms with Crippen LogP contribution in [0.15, 0.2) is 73.1 Å². The van der Waals surface area contributed by atoms with Crippen LogP contribution in [0.5, 0.6) is 0 Å². The Labute approximate surface area is 210 Å². The molecule has 190 valence electrons. The lowest BCUT2D eigenvalue weighted by Gasteiger charge is -2.31. The van der Waals surface area contributed by atoms with E-state index in [4.69, 9.17) is 0 Å². The molecule has 2 aromatic heterocycles. The van der Waals surface area contributed by atoms with Gasteiger partial charge in [-0.25, -0.2) is 9.07 Å². The van der Waals surface area contributed by atoms with Gasteiger partial charge in [0, 0.05) is 53.9 Å². The van der Waals surface area contributed by atoms with Gasteiger partial charge in [-0.05, 0) is 73.0 Å². The molecule has 1 saturated heterocycles. The summed E-state index contributed by atoms with van der Waals surface area (Å²) in [5.41, 5.74) is -1.21. The van der Waals surface area contributed by atoms with Crippen molar-refractivity contribution in [3.63, 3.8) is 0 Å². The monoisotopic (exact) mass is 508 g/mol. The molecular weight excluding hydrogens is 484 g/mol. The smallest absolute Gasteiger partial charge is 0.372 e. The van der Waals surface area contributed by atoms with Crippen LogP contribution in [0.1, 0.15) is 24.0 Å². The number of aryl methyl sites for hydroxylation is 1. The topological polar surface area (TPSA) is 46.2 Å². The highest BCUT2D eigenvalue weighted by molar-refractivity contribution is 5.89. The minimum Gasteiger partial charge on any atom is -0.372 e. The summed E-state index contributed by atoms with van der Waals surface area (Å²) in [4.78, 5) is 2.15. The molecule has 37 heavy (non-hydrogen) atoms. The molecule has 0 aliphatic carbocycles. The Bertz CT molecular complexity index is 1610. The van der Waals surface area contributed by atoms with Gasteiger partial charge in [0.2, 0.25) is 5.60 Å². The predicted molar refractivity (Wildman–Crippen MR) is 134 cm³/mol. The van der Waals surface area contributed by atoms with Crippen molar-refractivity contribution in [2.24, 2.45) is 7.05 Å². The molecule has 0 radical (unpaired) electrons. The summed E-state index contributed by atoms with van der Waals surface area (Å²) < 4.78 is 60.9. The van der Waals surface area contributed by atoms with E-state index in [0.29, 0.717) is 27.5 Å². The van der Waals surface area contributed by atoms with Crippen molar-refractivity contribution in [2.75, 3.05) is 18.0 Å². The zero-order valence-corrected chi connectivity index (χ0v) is 20.0. The van der Waals surface area contributed by atoms with Gasteiger partial charge < -0.3 is 14.6 Å². The van der Waals surface area contributed by atoms with E-state index in [0.717, 1.165) is 31.6 Å². The van der Waals surface area contributed by atoms with Gasteiger partial charge in [0.05, 0.1) is 17.4 Å². The highest BCUT2D eigenvalue weighted by Crippen LogP contribution is 2.48. The van der Waals surface area contributed by atoms with Gasteiger partial charge >= 0.3 is 6.18 Å². The van der Waals surface area contributed by atoms with Crippen molar-refractivity contribution in [2.45, 2.75) is 24.6 Å². The normalized spacial score (nSPS) is 16.1. The molecule has 0 bridgehead atoms. The molecule has 0 spiro atoms. The third-order valence-electron chi connectivity index (χ3n) is 7.30. The first-order chi connectivity index (χ1) is 17.7. The van der Waals surface area contributed by atoms with Crippen LogP contribution in [0.2, 0.25) is 0 Å². The Balaban J connectivity index is 1.51. The highest BCUT2D eigenvalue weighted by Gasteiger charge is 2.57. The van der Waals surface area contributed by atoms with Crippen LogP contribution in [0, 0.1) is 5.82 Å². The van der Waals surface area contributed by atoms with Crippen molar-refractivity contribution in [1.82, 2.24) is 14.3 Å². The summed E-state index contributed by atoms with van der Waals surface area (Å²) in [6, 6.07) is 15.2. The fourth-order valence-corrected chi connectivity index (χ4v) is 5.36. The first-order valence-corrected chi connectivity index (χ1v) is 12.0. The molecule has 5 aromatic rings. The van der Waals surface area contributed by atoms with E-state index in [1.807, 2.05) is 6.07 Å². The van der Waals surface area contributed by atoms with Gasteiger partial charge in [-0.2, -0.15) is 18.3 Å². The third kappa shape index (κ3) is 3.68. The maximum atomic E-state index is 14.8. The quantitative estimate of drug-likeness (QED) is 0.301. The maximum Gasteiger partial charge on any atom is 0.425 e. The Morgan fingerprint density at radius 1 is 0.865 bits per heavy atom. The molecule has 1 aliphatic rings. The van der Waals surface area contributed by atoms with Crippen molar-refractivity contribution in [3.8, 4) is 5.69 Å². The minimum atomic E-state index is -4.99. The lowest BCUT2D eigenvalue weighted by molar-refractivity contribution is -0.247. The van der Waals surface area contributed by atoms with E-state index in [1.165, 1.54) is 59.5 Å². The molecule has 0 saturated carbocycles. The molecule has 1 atom stereocenters. The van der Waals surface area contributed by atoms with Crippen LogP contribution in [-0.2, 0) is 12.6 Å². The van der Waals surface area contributed by atoms with E-state index in [2.05, 4.69) is 10.00 Å². The molecule has 1 N–H and O–H groups in total. The van der Waals surface area contributed by atoms with Crippen molar-refractivity contribution >= 4 is 27.5 Å². The SMILES string of the molecule is Cn1cc(C(O)(c2ccc3c(cnn3-c3ccc(F)cc3)c2)C(F)(F)F)c2cc(N3CCCC3)ccc21. The number of hydrogen-bond acceptors (Lipinski definition) is 3. The number of aliphatic hydroxyl groups is 1. The number of anilines is 1. The lowest BCUT2D eigenvalue weighted by atomic mass is 9.85. The number of benzene rings is 3. The number of fused-ring (bicyclic) bond motifs is 2. The molecule has 5 nitrogen and oxygen atoms in total. The number of alkyl halides is 3. The van der Waals surface area contributed by atoms with E-state index in [9.17, 15) is 22.7 Å². The van der Waals surface area contributed by atoms with Crippen molar-refractivity contribution < 1.29 is 22.7 Å². The van der Waals surface area contributed by atoms with E-state index >= 15 is 0 Å². The van der Waals surface area contributed by atoms with Gasteiger partial charge in [0.1, 0.15) is 5.82 Å². The summed E-state index contributed by atoms with van der Waals surface area (Å²) in [6.07, 6.45) is -0.118. The van der Waals surface area contributed by atoms with Crippen LogP contribution >= 0.6 is 0 Å². The number of nitrogens with zero attached hydrogens (tertiary/aromatic N) is 4. The summed E-state index contributed by atoms with van der Waals surface area (Å²) >= 11 is 0. The Morgan fingerprint density at radius 3 is 2.24 bits per heavy atom. The summed E-state index contributed by atoms with van der Waals surface area (Å²) in [7, 11) is 1.67. The van der Waals surface area contributed by atoms with Crippen LogP contribution in [-0.4, -0.2) is 38.7 Å². The van der Waals surface area contributed by atoms with E-state index in [1.54, 1.807) is 23.7 Å². The van der Waals surface area contributed by atoms with Crippen LogP contribution in [0.3, 0.4) is 0 Å². The Morgan fingerprint density at radius 2 is 1.54 bits per heavy atom. The van der Waals surface area contributed by atoms with Gasteiger partial charge in [-0.3, -0.25) is 0 Å². The summed E-state index contributed by atoms with van der Waals surface area (Å²) in [6.45, 7) is 1.71. The second-order valence-electron chi connectivity index (χ2n) is 9.56. The number of rotatable bonds is 4. The van der Waals surface area contributed by atoms with Gasteiger partial charge in [0.15, 0.2) is 0 Å². The number of hydrogen-bond donors (Lipinski definition) is 1. The van der Waals surface area contributed by atoms with Crippen LogP contribution in [0.4, 0.5) is 23.2 Å². The van der Waals surface area contributed by atoms with Crippen molar-refractivity contribution in [1.29, 1.82) is 0 Å². The van der Waals surface area contributed by atoms with Gasteiger partial charge in [-0.15, -0.1) is 0 Å². The number of aromatic nitrogens is 3. The molecule has 3 aromatic carbocycles. The molecule has 9 heteroatoms. The average Bonchev–Trinajstić information content (AvgIpc) is 3.62. The standard InChI is InChI=1S/C28H24F4N4O/c1-34-17-24(23-15-22(9-11-26(23)34)35-12-2-3-13-35)27(37,28(30,31)32)19-4-10-25-18(14-19)16-33-36(25)21-7-5-20(29)6-8-21/h4-11,14-17,37H,2-3,12-13H2,1H3. The van der Waals surface area contributed by atoms with E-state index in [-0.39, 0.29) is 11.1 Å². The first-order valence-electron chi connectivity index (χ1n) is 12.0. The fraction of sp³-hybridized carbons (Fsp3) is 0.250. The second-order valence-corrected chi connectivity index (χ2v) is 9.56. The van der Waals surface area contributed by atoms with Gasteiger partial charge in [0.25, 0.3) is 0 Å². The molecule has 1 fully saturated rings. The summed E-state index contributed by atoms with van der Waals surface area (Å²) in [5, 5.41) is 16.6. The predicted octanol–water partition coefficient (Wildman–Crippen LogP) is 6.05. The van der Waals surface area contributed by atoms with Crippen LogP contribution < -0.4 is 4.90 Å². The van der Waals surface area contributed by atoms with Crippen LogP contribution in [0.25, 0.3) is 27.5 Å². The first kappa shape index (κ1) is 23.5. The number of halogens is 4. The second kappa shape index (κ2) is 8.34.